The molecule has 0 radical (unpaired) electrons. The number of carbonyl (C=O) groups excluding carboxylic acids is 1. The monoisotopic (exact) mass is 554 g/mol. The van der Waals surface area contributed by atoms with Gasteiger partial charge in [0.1, 0.15) is 0 Å². The first kappa shape index (κ1) is 30.6. The minimum Gasteiger partial charge on any atom is -0.488 e. The van der Waals surface area contributed by atoms with Crippen molar-refractivity contribution in [2.24, 2.45) is 0 Å². The third-order valence-electron chi connectivity index (χ3n) is 6.91. The zero-order valence-corrected chi connectivity index (χ0v) is 24.5. The molecule has 1 heterocycles. The first-order valence-electron chi connectivity index (χ1n) is 14.6. The minimum atomic E-state index is -0.475. The van der Waals surface area contributed by atoms with Crippen LogP contribution >= 0.6 is 11.3 Å². The van der Waals surface area contributed by atoms with Crippen LogP contribution in [0.25, 0.3) is 0 Å². The Hall–Kier alpha value is -2.93. The van der Waals surface area contributed by atoms with Gasteiger partial charge in [-0.05, 0) is 30.7 Å². The van der Waals surface area contributed by atoms with Crippen molar-refractivity contribution in [3.05, 3.63) is 70.4 Å². The number of ether oxygens (including phenoxy) is 1. The fourth-order valence-electron chi connectivity index (χ4n) is 4.59. The zero-order chi connectivity index (χ0) is 27.7. The van der Waals surface area contributed by atoms with E-state index in [1.807, 2.05) is 24.3 Å². The van der Waals surface area contributed by atoms with E-state index < -0.39 is 11.8 Å². The molecule has 0 aliphatic heterocycles. The fraction of sp³-hybridized carbons (Fsp3) is 0.500. The van der Waals surface area contributed by atoms with Crippen LogP contribution in [-0.4, -0.2) is 12.6 Å². The third-order valence-corrected chi connectivity index (χ3v) is 7.74. The minimum absolute atomic E-state index is 0.0919. The van der Waals surface area contributed by atoms with Crippen molar-refractivity contribution in [1.82, 2.24) is 0 Å². The molecular formula is C32H45FN3O2S+. The molecule has 5 nitrogen and oxygen atoms in total. The maximum Gasteiger partial charge on any atom is 0.323 e. The van der Waals surface area contributed by atoms with E-state index in [1.165, 1.54) is 75.3 Å². The Morgan fingerprint density at radius 1 is 0.872 bits per heavy atom. The fourth-order valence-corrected chi connectivity index (χ4v) is 5.25. The van der Waals surface area contributed by atoms with Gasteiger partial charge in [-0.3, -0.25) is 0 Å². The molecule has 1 aromatic heterocycles. The number of hydrogen-bond acceptors (Lipinski definition) is 3. The number of nitrogens with one attached hydrogen (secondary N) is 2. The third kappa shape index (κ3) is 11.4. The molecular weight excluding hydrogens is 509 g/mol. The number of aromatic nitrogens is 1. The molecule has 0 fully saturated rings. The van der Waals surface area contributed by atoms with E-state index in [1.54, 1.807) is 23.5 Å². The summed E-state index contributed by atoms with van der Waals surface area (Å²) in [6.45, 7) is 5.56. The number of unbranched alkanes of at least 4 members (excludes halogenated alkanes) is 11. The summed E-state index contributed by atoms with van der Waals surface area (Å²) in [6.07, 6.45) is 17.2. The molecule has 212 valence electrons. The molecule has 0 aliphatic carbocycles. The van der Waals surface area contributed by atoms with Crippen molar-refractivity contribution in [3.63, 3.8) is 0 Å². The van der Waals surface area contributed by atoms with Gasteiger partial charge in [0.2, 0.25) is 5.01 Å². The topological polar surface area (TPSA) is 54.2 Å². The Labute approximate surface area is 237 Å². The number of urea groups is 1. The maximum absolute atomic E-state index is 14.5. The SMILES string of the molecule is CCCCCCCCCCCCCCOc1c(F)cccc1NC(=O)Nc1ccc(C[n+]2ccsc2C)cc1. The van der Waals surface area contributed by atoms with Crippen LogP contribution < -0.4 is 19.9 Å². The van der Waals surface area contributed by atoms with Crippen LogP contribution in [0.3, 0.4) is 0 Å². The second kappa shape index (κ2) is 17.6. The van der Waals surface area contributed by atoms with Gasteiger partial charge in [0, 0.05) is 18.2 Å². The normalized spacial score (nSPS) is 10.9. The number of thiazole rings is 1. The number of rotatable bonds is 18. The van der Waals surface area contributed by atoms with Crippen molar-refractivity contribution in [2.75, 3.05) is 17.2 Å². The molecule has 0 atom stereocenters. The number of halogens is 1. The van der Waals surface area contributed by atoms with Crippen LogP contribution in [0.4, 0.5) is 20.6 Å². The maximum atomic E-state index is 14.5. The van der Waals surface area contributed by atoms with Crippen LogP contribution in [0.2, 0.25) is 0 Å². The summed E-state index contributed by atoms with van der Waals surface area (Å²) in [6, 6.07) is 11.9. The van der Waals surface area contributed by atoms with Crippen LogP contribution in [0.1, 0.15) is 94.5 Å². The van der Waals surface area contributed by atoms with Gasteiger partial charge in [0.25, 0.3) is 0 Å². The second-order valence-corrected chi connectivity index (χ2v) is 11.3. The number of hydrogen-bond donors (Lipinski definition) is 2. The van der Waals surface area contributed by atoms with E-state index in [4.69, 9.17) is 4.74 Å². The molecule has 0 saturated carbocycles. The lowest BCUT2D eigenvalue weighted by molar-refractivity contribution is -0.689. The average molecular weight is 555 g/mol. The summed E-state index contributed by atoms with van der Waals surface area (Å²) in [4.78, 5) is 12.6. The second-order valence-electron chi connectivity index (χ2n) is 10.2. The quantitative estimate of drug-likeness (QED) is 0.122. The Balaban J connectivity index is 1.35. The van der Waals surface area contributed by atoms with Crippen LogP contribution in [0.5, 0.6) is 5.75 Å². The highest BCUT2D eigenvalue weighted by Crippen LogP contribution is 2.28. The first-order chi connectivity index (χ1) is 19.1. The molecule has 3 aromatic rings. The van der Waals surface area contributed by atoms with E-state index in [0.717, 1.165) is 24.9 Å². The highest BCUT2D eigenvalue weighted by Gasteiger charge is 2.13. The molecule has 39 heavy (non-hydrogen) atoms. The smallest absolute Gasteiger partial charge is 0.323 e. The van der Waals surface area contributed by atoms with Crippen LogP contribution in [-0.2, 0) is 6.54 Å². The summed E-state index contributed by atoms with van der Waals surface area (Å²) in [5.74, 6) is -0.383. The largest absolute Gasteiger partial charge is 0.488 e. The molecule has 0 spiro atoms. The average Bonchev–Trinajstić information content (AvgIpc) is 3.33. The molecule has 0 aliphatic rings. The van der Waals surface area contributed by atoms with Crippen molar-refractivity contribution in [2.45, 2.75) is 97.4 Å². The number of para-hydroxylation sites is 1. The van der Waals surface area contributed by atoms with Gasteiger partial charge >= 0.3 is 6.03 Å². The van der Waals surface area contributed by atoms with Gasteiger partial charge in [-0.15, -0.1) is 0 Å². The predicted molar refractivity (Wildman–Crippen MR) is 160 cm³/mol. The first-order valence-corrected chi connectivity index (χ1v) is 15.5. The van der Waals surface area contributed by atoms with Crippen molar-refractivity contribution >= 4 is 28.7 Å². The van der Waals surface area contributed by atoms with Gasteiger partial charge in [-0.1, -0.05) is 107 Å². The standard InChI is InChI=1S/C32H44FN3O2S/c1-3-4-5-6-7-8-9-10-11-12-13-14-23-38-31-29(33)16-15-17-30(31)35-32(37)34-28-20-18-27(19-21-28)25-36-22-24-39-26(36)2/h15-22,24H,3-14,23,25H2,1-2H3,(H-,34,35,37)/p+1. The summed E-state index contributed by atoms with van der Waals surface area (Å²) in [5.41, 5.74) is 2.14. The molecule has 0 unspecified atom stereocenters. The van der Waals surface area contributed by atoms with Gasteiger partial charge in [0.15, 0.2) is 24.3 Å². The lowest BCUT2D eigenvalue weighted by atomic mass is 10.1. The number of amides is 2. The van der Waals surface area contributed by atoms with Crippen molar-refractivity contribution < 1.29 is 18.5 Å². The van der Waals surface area contributed by atoms with Gasteiger partial charge in [-0.25, -0.2) is 9.18 Å². The highest BCUT2D eigenvalue weighted by atomic mass is 32.1. The zero-order valence-electron chi connectivity index (χ0n) is 23.6. The summed E-state index contributed by atoms with van der Waals surface area (Å²) >= 11 is 1.71. The Morgan fingerprint density at radius 3 is 2.13 bits per heavy atom. The highest BCUT2D eigenvalue weighted by molar-refractivity contribution is 7.09. The Kier molecular flexibility index (Phi) is 13.8. The number of benzene rings is 2. The summed E-state index contributed by atoms with van der Waals surface area (Å²) < 4.78 is 22.5. The molecule has 2 N–H and O–H groups in total. The van der Waals surface area contributed by atoms with E-state index in [-0.39, 0.29) is 5.75 Å². The van der Waals surface area contributed by atoms with Crippen molar-refractivity contribution in [3.8, 4) is 5.75 Å². The molecule has 3 rings (SSSR count). The number of nitrogens with zero attached hydrogens (tertiary/aromatic N) is 1. The van der Waals surface area contributed by atoms with E-state index >= 15 is 0 Å². The number of anilines is 2. The van der Waals surface area contributed by atoms with Gasteiger partial charge in [-0.2, -0.15) is 4.57 Å². The van der Waals surface area contributed by atoms with Crippen LogP contribution in [0.15, 0.2) is 54.0 Å². The molecule has 0 bridgehead atoms. The van der Waals surface area contributed by atoms with Gasteiger partial charge < -0.3 is 15.4 Å². The summed E-state index contributed by atoms with van der Waals surface area (Å²) in [7, 11) is 0. The molecule has 7 heteroatoms. The lowest BCUT2D eigenvalue weighted by Crippen LogP contribution is -2.34. The lowest BCUT2D eigenvalue weighted by Gasteiger charge is -2.14. The Morgan fingerprint density at radius 2 is 1.51 bits per heavy atom. The van der Waals surface area contributed by atoms with E-state index in [2.05, 4.69) is 40.6 Å². The number of aryl methyl sites for hydroxylation is 1. The van der Waals surface area contributed by atoms with Crippen LogP contribution in [0, 0.1) is 12.7 Å². The molecule has 0 saturated heterocycles. The predicted octanol–water partition coefficient (Wildman–Crippen LogP) is 9.26. The molecule has 2 amide bonds. The number of carbonyl (C=O) groups is 1. The van der Waals surface area contributed by atoms with E-state index in [0.29, 0.717) is 18.0 Å². The van der Waals surface area contributed by atoms with E-state index in [9.17, 15) is 9.18 Å². The Bertz CT molecular complexity index is 1120. The van der Waals surface area contributed by atoms with Gasteiger partial charge in [0.05, 0.1) is 17.7 Å². The van der Waals surface area contributed by atoms with Crippen molar-refractivity contribution in [1.29, 1.82) is 0 Å². The molecule has 2 aromatic carbocycles. The summed E-state index contributed by atoms with van der Waals surface area (Å²) in [5, 5.41) is 8.86.